The normalized spacial score (nSPS) is 11.7. The molecule has 0 radical (unpaired) electrons. The molecule has 114 valence electrons. The summed E-state index contributed by atoms with van der Waals surface area (Å²) in [7, 11) is 0. The largest absolute Gasteiger partial charge is 0.463 e. The lowest BCUT2D eigenvalue weighted by molar-refractivity contribution is -0.138. The Morgan fingerprint density at radius 1 is 1.14 bits per heavy atom. The van der Waals surface area contributed by atoms with Crippen LogP contribution in [0, 0.1) is 0 Å². The monoisotopic (exact) mass is 353 g/mol. The van der Waals surface area contributed by atoms with Gasteiger partial charge in [0.05, 0.1) is 12.2 Å². The molecule has 0 aliphatic carbocycles. The molecule has 0 fully saturated rings. The van der Waals surface area contributed by atoms with Crippen molar-refractivity contribution in [3.8, 4) is 0 Å². The average molecular weight is 354 g/mol. The van der Waals surface area contributed by atoms with Crippen molar-refractivity contribution in [1.29, 1.82) is 0 Å². The molecular formula is C16H20BrNO3. The fourth-order valence-electron chi connectivity index (χ4n) is 2.10. The number of benzene rings is 1. The number of anilines is 1. The number of allylic oxidation sites excluding steroid dienone is 1. The minimum atomic E-state index is -0.374. The van der Waals surface area contributed by atoms with Crippen LogP contribution in [0.4, 0.5) is 5.69 Å². The maximum absolute atomic E-state index is 12.0. The van der Waals surface area contributed by atoms with Crippen molar-refractivity contribution in [3.63, 3.8) is 0 Å². The third-order valence-electron chi connectivity index (χ3n) is 3.05. The molecule has 0 atom stereocenters. The quantitative estimate of drug-likeness (QED) is 0.592. The second kappa shape index (κ2) is 7.98. The van der Waals surface area contributed by atoms with Gasteiger partial charge in [-0.15, -0.1) is 0 Å². The minimum absolute atomic E-state index is 0.148. The molecule has 4 nitrogen and oxygen atoms in total. The molecule has 21 heavy (non-hydrogen) atoms. The van der Waals surface area contributed by atoms with Gasteiger partial charge in [-0.1, -0.05) is 22.9 Å². The van der Waals surface area contributed by atoms with E-state index in [0.717, 1.165) is 10.2 Å². The topological polar surface area (TPSA) is 46.6 Å². The summed E-state index contributed by atoms with van der Waals surface area (Å²) < 4.78 is 5.99. The Balaban J connectivity index is 3.28. The van der Waals surface area contributed by atoms with E-state index in [9.17, 15) is 9.59 Å². The number of esters is 1. The molecule has 0 aliphatic rings. The predicted octanol–water partition coefficient (Wildman–Crippen LogP) is 4.05. The first-order valence-corrected chi connectivity index (χ1v) is 7.64. The van der Waals surface area contributed by atoms with Gasteiger partial charge in [-0.25, -0.2) is 4.79 Å². The molecule has 0 aromatic heterocycles. The van der Waals surface area contributed by atoms with Gasteiger partial charge in [-0.2, -0.15) is 0 Å². The number of hydrogen-bond acceptors (Lipinski definition) is 3. The van der Waals surface area contributed by atoms with E-state index in [0.29, 0.717) is 24.3 Å². The molecule has 0 saturated carbocycles. The number of rotatable bonds is 5. The Labute approximate surface area is 133 Å². The molecule has 0 saturated heterocycles. The minimum Gasteiger partial charge on any atom is -0.463 e. The Bertz CT molecular complexity index is 549. The lowest BCUT2D eigenvalue weighted by Gasteiger charge is -2.24. The number of ether oxygens (including phenoxy) is 1. The molecule has 0 aliphatic heterocycles. The number of amides is 1. The van der Waals surface area contributed by atoms with Crippen LogP contribution in [-0.2, 0) is 14.3 Å². The summed E-state index contributed by atoms with van der Waals surface area (Å²) in [5.41, 5.74) is 1.83. The zero-order chi connectivity index (χ0) is 16.0. The number of hydrogen-bond donors (Lipinski definition) is 0. The number of nitrogens with zero attached hydrogens (tertiary/aromatic N) is 1. The second-order valence-corrected chi connectivity index (χ2v) is 5.38. The zero-order valence-electron chi connectivity index (χ0n) is 12.8. The zero-order valence-corrected chi connectivity index (χ0v) is 14.4. The van der Waals surface area contributed by atoms with Crippen LogP contribution in [0.3, 0.4) is 0 Å². The third kappa shape index (κ3) is 4.43. The molecule has 0 N–H and O–H groups in total. The van der Waals surface area contributed by atoms with Crippen LogP contribution in [0.25, 0.3) is 0 Å². The fourth-order valence-corrected chi connectivity index (χ4v) is 2.37. The van der Waals surface area contributed by atoms with E-state index in [1.165, 1.54) is 11.8 Å². The van der Waals surface area contributed by atoms with Crippen molar-refractivity contribution >= 4 is 33.5 Å². The Kier molecular flexibility index (Phi) is 6.62. The van der Waals surface area contributed by atoms with E-state index in [1.807, 2.05) is 31.2 Å². The van der Waals surface area contributed by atoms with Gasteiger partial charge < -0.3 is 4.74 Å². The van der Waals surface area contributed by atoms with Gasteiger partial charge in [0.1, 0.15) is 0 Å². The van der Waals surface area contributed by atoms with E-state index < -0.39 is 0 Å². The van der Waals surface area contributed by atoms with Crippen molar-refractivity contribution in [2.75, 3.05) is 11.5 Å². The van der Waals surface area contributed by atoms with Crippen LogP contribution in [-0.4, -0.2) is 18.5 Å². The molecule has 0 heterocycles. The highest BCUT2D eigenvalue weighted by Crippen LogP contribution is 2.25. The highest BCUT2D eigenvalue weighted by Gasteiger charge is 2.20. The van der Waals surface area contributed by atoms with E-state index in [1.54, 1.807) is 13.8 Å². The summed E-state index contributed by atoms with van der Waals surface area (Å²) >= 11 is 3.37. The first kappa shape index (κ1) is 17.4. The summed E-state index contributed by atoms with van der Waals surface area (Å²) in [6.07, 6.45) is 0.505. The van der Waals surface area contributed by atoms with Gasteiger partial charge in [-0.05, 0) is 44.5 Å². The predicted molar refractivity (Wildman–Crippen MR) is 86.9 cm³/mol. The number of carbonyl (C=O) groups is 2. The van der Waals surface area contributed by atoms with Gasteiger partial charge >= 0.3 is 5.97 Å². The van der Waals surface area contributed by atoms with Crippen molar-refractivity contribution in [3.05, 3.63) is 40.0 Å². The van der Waals surface area contributed by atoms with Gasteiger partial charge in [0.25, 0.3) is 0 Å². The van der Waals surface area contributed by atoms with Gasteiger partial charge in [-0.3, -0.25) is 9.69 Å². The second-order valence-electron chi connectivity index (χ2n) is 4.47. The highest BCUT2D eigenvalue weighted by molar-refractivity contribution is 9.10. The molecule has 5 heteroatoms. The summed E-state index contributed by atoms with van der Waals surface area (Å²) in [5, 5.41) is 0. The number of halogens is 1. The Hall–Kier alpha value is -1.62. The molecule has 0 unspecified atom stereocenters. The third-order valence-corrected chi connectivity index (χ3v) is 3.58. The van der Waals surface area contributed by atoms with Crippen LogP contribution in [0.15, 0.2) is 40.0 Å². The maximum Gasteiger partial charge on any atom is 0.335 e. The van der Waals surface area contributed by atoms with Crippen molar-refractivity contribution in [2.45, 2.75) is 34.1 Å². The summed E-state index contributed by atoms with van der Waals surface area (Å²) in [6.45, 7) is 7.19. The van der Waals surface area contributed by atoms with Crippen molar-refractivity contribution < 1.29 is 14.3 Å². The first-order valence-electron chi connectivity index (χ1n) is 6.85. The molecule has 1 aromatic carbocycles. The molecular weight excluding hydrogens is 334 g/mol. The molecule has 1 rings (SSSR count). The highest BCUT2D eigenvalue weighted by atomic mass is 79.9. The summed E-state index contributed by atoms with van der Waals surface area (Å²) in [5.74, 6) is -0.522. The van der Waals surface area contributed by atoms with Gasteiger partial charge in [0.15, 0.2) is 0 Å². The Morgan fingerprint density at radius 3 is 2.14 bits per heavy atom. The Morgan fingerprint density at radius 2 is 1.71 bits per heavy atom. The molecule has 1 amide bonds. The smallest absolute Gasteiger partial charge is 0.335 e. The van der Waals surface area contributed by atoms with Crippen LogP contribution in [0.2, 0.25) is 0 Å². The van der Waals surface area contributed by atoms with Gasteiger partial charge in [0.2, 0.25) is 5.91 Å². The van der Waals surface area contributed by atoms with Crippen molar-refractivity contribution in [1.82, 2.24) is 0 Å². The van der Waals surface area contributed by atoms with E-state index >= 15 is 0 Å². The maximum atomic E-state index is 12.0. The molecule has 1 aromatic rings. The fraction of sp³-hybridized carbons (Fsp3) is 0.375. The molecule has 0 bridgehead atoms. The van der Waals surface area contributed by atoms with Crippen LogP contribution in [0.1, 0.15) is 34.1 Å². The first-order chi connectivity index (χ1) is 9.92. The van der Waals surface area contributed by atoms with Crippen LogP contribution < -0.4 is 4.90 Å². The lowest BCUT2D eigenvalue weighted by Crippen LogP contribution is -2.29. The van der Waals surface area contributed by atoms with E-state index in [4.69, 9.17) is 4.74 Å². The van der Waals surface area contributed by atoms with Gasteiger partial charge in [0, 0.05) is 22.8 Å². The van der Waals surface area contributed by atoms with E-state index in [2.05, 4.69) is 15.9 Å². The van der Waals surface area contributed by atoms with Crippen LogP contribution >= 0.6 is 15.9 Å². The average Bonchev–Trinajstić information content (AvgIpc) is 2.42. The lowest BCUT2D eigenvalue weighted by atomic mass is 10.1. The summed E-state index contributed by atoms with van der Waals surface area (Å²) in [4.78, 5) is 25.5. The standard InChI is InChI=1S/C16H20BrNO3/c1-5-15(16(20)21-6-2)11(3)18(12(4)19)14-9-7-13(17)8-10-14/h7-10H,5-6H2,1-4H3/b15-11-. The van der Waals surface area contributed by atoms with E-state index in [-0.39, 0.29) is 11.9 Å². The summed E-state index contributed by atoms with van der Waals surface area (Å²) in [6, 6.07) is 7.36. The van der Waals surface area contributed by atoms with Crippen molar-refractivity contribution in [2.24, 2.45) is 0 Å². The number of carbonyl (C=O) groups excluding carboxylic acids is 2. The molecule has 0 spiro atoms. The SMILES string of the molecule is CCOC(=O)/C(CC)=C(/C)N(C(C)=O)c1ccc(Br)cc1. The van der Waals surface area contributed by atoms with Crippen LogP contribution in [0.5, 0.6) is 0 Å².